The average molecular weight is 1230 g/mol. The molecule has 0 fully saturated rings. The lowest BCUT2D eigenvalue weighted by atomic mass is 9.33. The molecule has 2 aliphatic heterocycles. The predicted octanol–water partition coefficient (Wildman–Crippen LogP) is 22.2. The van der Waals surface area contributed by atoms with Crippen LogP contribution in [-0.4, -0.2) is 15.8 Å². The molecule has 0 unspecified atom stereocenters. The largest absolute Gasteiger partial charge is 0.454 e. The summed E-state index contributed by atoms with van der Waals surface area (Å²) in [6.07, 6.45) is 0. The van der Waals surface area contributed by atoms with Crippen LogP contribution in [0.25, 0.3) is 133 Å². The van der Waals surface area contributed by atoms with E-state index in [2.05, 4.69) is 334 Å². The molecule has 20 rings (SSSR count). The molecule has 96 heavy (non-hydrogen) atoms. The van der Waals surface area contributed by atoms with E-state index in [1.54, 1.807) is 0 Å². The summed E-state index contributed by atoms with van der Waals surface area (Å²) in [6, 6.07) is 115. The molecule has 0 saturated heterocycles. The summed E-state index contributed by atoms with van der Waals surface area (Å²) in [7, 11) is 0. The number of hydrogen-bond acceptors (Lipinski definition) is 3. The van der Waals surface area contributed by atoms with Gasteiger partial charge >= 0.3 is 0 Å². The van der Waals surface area contributed by atoms with Crippen molar-refractivity contribution in [2.75, 3.05) is 9.80 Å². The molecular formula is C90H57BN4O. The van der Waals surface area contributed by atoms with Gasteiger partial charge in [0.15, 0.2) is 5.58 Å². The van der Waals surface area contributed by atoms with Gasteiger partial charge in [0.2, 0.25) is 0 Å². The fourth-order valence-corrected chi connectivity index (χ4v) is 15.9. The number of rotatable bonds is 9. The number of para-hydroxylation sites is 5. The van der Waals surface area contributed by atoms with E-state index in [0.29, 0.717) is 16.4 Å². The zero-order valence-corrected chi connectivity index (χ0v) is 51.9. The molecule has 0 bridgehead atoms. The second-order valence-electron chi connectivity index (χ2n) is 25.1. The molecule has 0 spiro atoms. The normalized spacial score (nSPS) is 13.1. The van der Waals surface area contributed by atoms with Crippen LogP contribution >= 0.6 is 0 Å². The Morgan fingerprint density at radius 1 is 0.281 bits per heavy atom. The van der Waals surface area contributed by atoms with E-state index in [0.717, 1.165) is 150 Å². The minimum absolute atomic E-state index is 0.109. The second kappa shape index (κ2) is 21.5. The minimum Gasteiger partial charge on any atom is -0.454 e. The first-order chi connectivity index (χ1) is 49.3. The SMILES string of the molecule is [2H]c1c([2H])c([2H])c2c(oc3c4c(ccc32)B2c3ccc(-n5c6ccccc6c6ccccc65)cc3N(c3c(-c5ccccc5)cccc3-c3ccccc3)c3cc(-n5c6ccc(-c7ccccc7)cc6c6cc(-c7ccccc7)ccc65)cc(c32)N4c2ccccc2-c2ccccc2)c1[2H]. The van der Waals surface area contributed by atoms with Crippen LogP contribution in [0.5, 0.6) is 0 Å². The summed E-state index contributed by atoms with van der Waals surface area (Å²) in [6.45, 7) is -0.459. The summed E-state index contributed by atoms with van der Waals surface area (Å²) in [5.74, 6) is 0. The number of nitrogens with zero attached hydrogens (tertiary/aromatic N) is 4. The summed E-state index contributed by atoms with van der Waals surface area (Å²) < 4.78 is 49.3. The van der Waals surface area contributed by atoms with Crippen molar-refractivity contribution in [1.29, 1.82) is 0 Å². The van der Waals surface area contributed by atoms with Crippen LogP contribution in [0.2, 0.25) is 0 Å². The van der Waals surface area contributed by atoms with Gasteiger partial charge in [-0.3, -0.25) is 0 Å². The van der Waals surface area contributed by atoms with E-state index in [9.17, 15) is 2.74 Å². The standard InChI is InChI=1S/C90H57BN4O/c1-6-25-58(26-7-1)63-45-51-81-74(53-63)75-54-64(59-27-8-2-9-28-59)46-52-82(75)93(81)66-56-84-87-85(57-66)95(88-68(61-31-12-4-13-32-61)39-24-40-69(88)62-33-14-5-15-34-62)83-55-65(92-79-42-21-17-36-70(79)71-37-18-22-43-80(71)92)47-49-76(83)91(87)77-50-48-73-72-38-19-23-44-86(72)96-90(73)89(77)94(84)78-41-20-16-35-67(78)60-29-10-3-11-30-60/h1-57H/i19D,23D,38D,44D. The quantitative estimate of drug-likeness (QED) is 0.135. The lowest BCUT2D eigenvalue weighted by Crippen LogP contribution is -2.61. The van der Waals surface area contributed by atoms with Gasteiger partial charge in [0.05, 0.1) is 50.3 Å². The molecule has 6 heteroatoms. The van der Waals surface area contributed by atoms with Crippen molar-refractivity contribution < 1.29 is 9.90 Å². The third-order valence-corrected chi connectivity index (χ3v) is 20.0. The molecule has 0 amide bonds. The molecule has 0 radical (unpaired) electrons. The fraction of sp³-hybridized carbons (Fsp3) is 0. The van der Waals surface area contributed by atoms with E-state index in [1.165, 1.54) is 10.8 Å². The number of aromatic nitrogens is 2. The van der Waals surface area contributed by atoms with E-state index in [1.807, 2.05) is 6.07 Å². The predicted molar refractivity (Wildman–Crippen MR) is 404 cm³/mol. The van der Waals surface area contributed by atoms with Crippen molar-refractivity contribution in [2.24, 2.45) is 0 Å². The first-order valence-electron chi connectivity index (χ1n) is 34.8. The number of anilines is 6. The van der Waals surface area contributed by atoms with Crippen molar-refractivity contribution in [3.05, 3.63) is 346 Å². The highest BCUT2D eigenvalue weighted by atomic mass is 16.3. The van der Waals surface area contributed by atoms with Crippen molar-refractivity contribution in [3.63, 3.8) is 0 Å². The Kier molecular flexibility index (Phi) is 11.2. The van der Waals surface area contributed by atoms with Gasteiger partial charge in [0, 0.05) is 71.8 Å². The van der Waals surface area contributed by atoms with Crippen LogP contribution in [0.3, 0.4) is 0 Å². The van der Waals surface area contributed by atoms with Crippen molar-refractivity contribution in [3.8, 4) is 67.0 Å². The van der Waals surface area contributed by atoms with Crippen LogP contribution in [-0.2, 0) is 0 Å². The molecular weight excluding hydrogens is 1160 g/mol. The third kappa shape index (κ3) is 8.19. The van der Waals surface area contributed by atoms with Crippen LogP contribution in [0.1, 0.15) is 5.48 Å². The molecule has 0 N–H and O–H groups in total. The summed E-state index contributed by atoms with van der Waals surface area (Å²) in [5, 5.41) is 5.49. The van der Waals surface area contributed by atoms with Crippen molar-refractivity contribution in [2.45, 2.75) is 0 Å². The summed E-state index contributed by atoms with van der Waals surface area (Å²) in [5.41, 5.74) is 26.1. The Hall–Kier alpha value is -12.6. The maximum Gasteiger partial charge on any atom is 0.252 e. The number of furan rings is 1. The second-order valence-corrected chi connectivity index (χ2v) is 25.1. The summed E-state index contributed by atoms with van der Waals surface area (Å²) >= 11 is 0. The van der Waals surface area contributed by atoms with Crippen LogP contribution in [0.4, 0.5) is 34.1 Å². The first kappa shape index (κ1) is 50.0. The number of hydrogen-bond donors (Lipinski definition) is 0. The smallest absolute Gasteiger partial charge is 0.252 e. The maximum absolute atomic E-state index is 9.58. The highest BCUT2D eigenvalue weighted by Gasteiger charge is 2.46. The monoisotopic (exact) mass is 1220 g/mol. The Morgan fingerprint density at radius 2 is 0.740 bits per heavy atom. The van der Waals surface area contributed by atoms with Gasteiger partial charge in [-0.2, -0.15) is 0 Å². The van der Waals surface area contributed by atoms with Crippen molar-refractivity contribution in [1.82, 2.24) is 9.13 Å². The third-order valence-electron chi connectivity index (χ3n) is 20.0. The lowest BCUT2D eigenvalue weighted by Gasteiger charge is -2.45. The zero-order chi connectivity index (χ0) is 66.4. The Labute approximate surface area is 561 Å². The Morgan fingerprint density at radius 3 is 1.33 bits per heavy atom. The molecule has 0 atom stereocenters. The van der Waals surface area contributed by atoms with Gasteiger partial charge in [-0.15, -0.1) is 0 Å². The molecule has 446 valence electrons. The van der Waals surface area contributed by atoms with E-state index < -0.39 is 6.71 Å². The summed E-state index contributed by atoms with van der Waals surface area (Å²) in [4.78, 5) is 4.98. The van der Waals surface area contributed by atoms with E-state index in [-0.39, 0.29) is 29.8 Å². The molecule has 15 aromatic carbocycles. The Balaban J connectivity index is 0.987. The first-order valence-corrected chi connectivity index (χ1v) is 32.8. The minimum atomic E-state index is -0.459. The highest BCUT2D eigenvalue weighted by Crippen LogP contribution is 2.54. The van der Waals surface area contributed by atoms with Crippen LogP contribution in [0, 0.1) is 0 Å². The molecule has 2 aliphatic rings. The van der Waals surface area contributed by atoms with Gasteiger partial charge in [-0.05, 0) is 128 Å². The van der Waals surface area contributed by atoms with Gasteiger partial charge < -0.3 is 23.4 Å². The van der Waals surface area contributed by atoms with E-state index in [4.69, 9.17) is 7.16 Å². The molecule has 5 heterocycles. The van der Waals surface area contributed by atoms with Gasteiger partial charge in [-0.25, -0.2) is 0 Å². The van der Waals surface area contributed by atoms with Crippen LogP contribution < -0.4 is 26.2 Å². The fourth-order valence-electron chi connectivity index (χ4n) is 15.9. The lowest BCUT2D eigenvalue weighted by molar-refractivity contribution is 0.669. The molecule has 18 aromatic rings. The highest BCUT2D eigenvalue weighted by molar-refractivity contribution is 7.00. The van der Waals surface area contributed by atoms with E-state index >= 15 is 0 Å². The molecule has 0 aliphatic carbocycles. The average Bonchev–Trinajstić information content (AvgIpc) is 1.05. The van der Waals surface area contributed by atoms with Crippen molar-refractivity contribution >= 4 is 123 Å². The number of benzene rings is 15. The van der Waals surface area contributed by atoms with Gasteiger partial charge in [-0.1, -0.05) is 273 Å². The zero-order valence-electron chi connectivity index (χ0n) is 55.9. The van der Waals surface area contributed by atoms with Gasteiger partial charge in [0.1, 0.15) is 5.58 Å². The molecule has 5 nitrogen and oxygen atoms in total. The number of fused-ring (bicyclic) bond motifs is 14. The molecule has 0 saturated carbocycles. The topological polar surface area (TPSA) is 29.5 Å². The van der Waals surface area contributed by atoms with Gasteiger partial charge in [0.25, 0.3) is 6.71 Å². The maximum atomic E-state index is 9.58. The van der Waals surface area contributed by atoms with Crippen LogP contribution in [0.15, 0.2) is 350 Å². The Bertz CT molecular complexity index is 6200. The molecule has 3 aromatic heterocycles.